The molecule has 1 aliphatic carbocycles. The highest BCUT2D eigenvalue weighted by atomic mass is 16.5. The van der Waals surface area contributed by atoms with Crippen LogP contribution in [0.4, 0.5) is 0 Å². The molecule has 1 heterocycles. The van der Waals surface area contributed by atoms with Crippen LogP contribution in [0.5, 0.6) is 0 Å². The molecule has 1 aliphatic heterocycles. The first-order valence-corrected chi connectivity index (χ1v) is 6.14. The summed E-state index contributed by atoms with van der Waals surface area (Å²) < 4.78 is 5.43. The van der Waals surface area contributed by atoms with E-state index < -0.39 is 0 Å². The second-order valence-corrected chi connectivity index (χ2v) is 5.73. The van der Waals surface area contributed by atoms with Crippen molar-refractivity contribution >= 4 is 0 Å². The van der Waals surface area contributed by atoms with Gasteiger partial charge in [-0.2, -0.15) is 0 Å². The smallest absolute Gasteiger partial charge is 0.0624 e. The van der Waals surface area contributed by atoms with Crippen molar-refractivity contribution in [1.29, 1.82) is 0 Å². The predicted molar refractivity (Wildman–Crippen MR) is 61.7 cm³/mol. The Morgan fingerprint density at radius 3 is 2.60 bits per heavy atom. The highest BCUT2D eigenvalue weighted by Crippen LogP contribution is 2.47. The molecule has 0 bridgehead atoms. The zero-order chi connectivity index (χ0) is 10.9. The fourth-order valence-electron chi connectivity index (χ4n) is 2.35. The summed E-state index contributed by atoms with van der Waals surface area (Å²) >= 11 is 0. The van der Waals surface area contributed by atoms with E-state index in [1.807, 2.05) is 0 Å². The van der Waals surface area contributed by atoms with Crippen molar-refractivity contribution in [2.24, 2.45) is 16.6 Å². The van der Waals surface area contributed by atoms with E-state index >= 15 is 0 Å². The zero-order valence-corrected chi connectivity index (χ0v) is 10.0. The standard InChI is InChI=1S/C12H24N2O/c1-3-12(4-5-12)8-14-7-11(2)9-15-6-10(11)13/h10,14H,3-9,13H2,1-2H3. The van der Waals surface area contributed by atoms with Gasteiger partial charge in [-0.15, -0.1) is 0 Å². The summed E-state index contributed by atoms with van der Waals surface area (Å²) in [5, 5.41) is 3.59. The van der Waals surface area contributed by atoms with Crippen LogP contribution in [0.1, 0.15) is 33.1 Å². The van der Waals surface area contributed by atoms with Gasteiger partial charge in [0.2, 0.25) is 0 Å². The molecule has 3 N–H and O–H groups in total. The van der Waals surface area contributed by atoms with Crippen molar-refractivity contribution in [2.45, 2.75) is 39.2 Å². The van der Waals surface area contributed by atoms with Crippen molar-refractivity contribution in [3.05, 3.63) is 0 Å². The lowest BCUT2D eigenvalue weighted by molar-refractivity contribution is 0.157. The third kappa shape index (κ3) is 2.35. The van der Waals surface area contributed by atoms with Gasteiger partial charge >= 0.3 is 0 Å². The Morgan fingerprint density at radius 2 is 2.13 bits per heavy atom. The number of hydrogen-bond acceptors (Lipinski definition) is 3. The first kappa shape index (κ1) is 11.4. The topological polar surface area (TPSA) is 47.3 Å². The Bertz CT molecular complexity index is 228. The molecule has 2 atom stereocenters. The van der Waals surface area contributed by atoms with E-state index in [-0.39, 0.29) is 11.5 Å². The molecule has 3 heteroatoms. The first-order valence-electron chi connectivity index (χ1n) is 6.14. The molecule has 2 unspecified atom stereocenters. The highest BCUT2D eigenvalue weighted by molar-refractivity contribution is 4.96. The number of ether oxygens (including phenoxy) is 1. The largest absolute Gasteiger partial charge is 0.379 e. The van der Waals surface area contributed by atoms with Gasteiger partial charge in [-0.1, -0.05) is 13.8 Å². The molecule has 2 fully saturated rings. The number of nitrogens with two attached hydrogens (primary N) is 1. The highest BCUT2D eigenvalue weighted by Gasteiger charge is 2.42. The van der Waals surface area contributed by atoms with Crippen molar-refractivity contribution in [1.82, 2.24) is 5.32 Å². The molecule has 0 amide bonds. The number of nitrogens with one attached hydrogen (secondary N) is 1. The maximum Gasteiger partial charge on any atom is 0.0624 e. The Morgan fingerprint density at radius 1 is 1.40 bits per heavy atom. The van der Waals surface area contributed by atoms with E-state index in [2.05, 4.69) is 19.2 Å². The number of rotatable bonds is 5. The minimum Gasteiger partial charge on any atom is -0.379 e. The number of hydrogen-bond donors (Lipinski definition) is 2. The molecule has 0 aromatic carbocycles. The normalized spacial score (nSPS) is 38.2. The quantitative estimate of drug-likeness (QED) is 0.718. The van der Waals surface area contributed by atoms with E-state index in [0.29, 0.717) is 5.41 Å². The second-order valence-electron chi connectivity index (χ2n) is 5.73. The predicted octanol–water partition coefficient (Wildman–Crippen LogP) is 1.13. The molecule has 0 spiro atoms. The molecule has 2 aliphatic rings. The lowest BCUT2D eigenvalue weighted by atomic mass is 9.85. The van der Waals surface area contributed by atoms with Crippen LogP contribution in [0.2, 0.25) is 0 Å². The summed E-state index contributed by atoms with van der Waals surface area (Å²) in [4.78, 5) is 0. The Labute approximate surface area is 92.7 Å². The summed E-state index contributed by atoms with van der Waals surface area (Å²) in [7, 11) is 0. The Balaban J connectivity index is 1.73. The van der Waals surface area contributed by atoms with Gasteiger partial charge in [-0.3, -0.25) is 0 Å². The van der Waals surface area contributed by atoms with Gasteiger partial charge in [0.05, 0.1) is 13.2 Å². The van der Waals surface area contributed by atoms with Gasteiger partial charge in [0.25, 0.3) is 0 Å². The molecule has 2 rings (SSSR count). The Kier molecular flexibility index (Phi) is 3.06. The third-order valence-corrected chi connectivity index (χ3v) is 4.36. The maximum atomic E-state index is 6.05. The lowest BCUT2D eigenvalue weighted by Crippen LogP contribution is -2.46. The summed E-state index contributed by atoms with van der Waals surface area (Å²) in [5.41, 5.74) is 6.81. The molecular formula is C12H24N2O. The first-order chi connectivity index (χ1) is 7.10. The summed E-state index contributed by atoms with van der Waals surface area (Å²) in [6.07, 6.45) is 4.10. The summed E-state index contributed by atoms with van der Waals surface area (Å²) in [6, 6.07) is 0.196. The fourth-order valence-corrected chi connectivity index (χ4v) is 2.35. The Hall–Kier alpha value is -0.120. The van der Waals surface area contributed by atoms with Gasteiger partial charge in [-0.25, -0.2) is 0 Å². The van der Waals surface area contributed by atoms with Gasteiger partial charge in [-0.05, 0) is 24.7 Å². The summed E-state index contributed by atoms with van der Waals surface area (Å²) in [6.45, 7) is 8.20. The van der Waals surface area contributed by atoms with Crippen LogP contribution in [0.15, 0.2) is 0 Å². The van der Waals surface area contributed by atoms with Crippen molar-refractivity contribution in [2.75, 3.05) is 26.3 Å². The average Bonchev–Trinajstić information content (AvgIpc) is 2.91. The van der Waals surface area contributed by atoms with Crippen molar-refractivity contribution in [3.63, 3.8) is 0 Å². The van der Waals surface area contributed by atoms with Crippen LogP contribution >= 0.6 is 0 Å². The zero-order valence-electron chi connectivity index (χ0n) is 10.0. The molecule has 3 nitrogen and oxygen atoms in total. The van der Waals surface area contributed by atoms with Crippen molar-refractivity contribution in [3.8, 4) is 0 Å². The summed E-state index contributed by atoms with van der Waals surface area (Å²) in [5.74, 6) is 0. The van der Waals surface area contributed by atoms with Gasteiger partial charge in [0, 0.05) is 24.5 Å². The monoisotopic (exact) mass is 212 g/mol. The molecule has 0 aromatic heterocycles. The van der Waals surface area contributed by atoms with Crippen LogP contribution < -0.4 is 11.1 Å². The minimum atomic E-state index is 0.143. The average molecular weight is 212 g/mol. The van der Waals surface area contributed by atoms with E-state index in [9.17, 15) is 0 Å². The van der Waals surface area contributed by atoms with Crippen LogP contribution in [0.3, 0.4) is 0 Å². The molecule has 15 heavy (non-hydrogen) atoms. The van der Waals surface area contributed by atoms with Crippen molar-refractivity contribution < 1.29 is 4.74 Å². The van der Waals surface area contributed by atoms with Crippen LogP contribution in [0.25, 0.3) is 0 Å². The van der Waals surface area contributed by atoms with Gasteiger partial charge in [0.1, 0.15) is 0 Å². The second kappa shape index (κ2) is 4.04. The van der Waals surface area contributed by atoms with E-state index in [1.54, 1.807) is 0 Å². The van der Waals surface area contributed by atoms with E-state index in [4.69, 9.17) is 10.5 Å². The van der Waals surface area contributed by atoms with E-state index in [1.165, 1.54) is 19.3 Å². The lowest BCUT2D eigenvalue weighted by Gasteiger charge is -2.28. The molecular weight excluding hydrogens is 188 g/mol. The van der Waals surface area contributed by atoms with Crippen LogP contribution in [0, 0.1) is 10.8 Å². The molecule has 1 saturated heterocycles. The van der Waals surface area contributed by atoms with Gasteiger partial charge in [0.15, 0.2) is 0 Å². The fraction of sp³-hybridized carbons (Fsp3) is 1.00. The molecule has 88 valence electrons. The molecule has 0 radical (unpaired) electrons. The van der Waals surface area contributed by atoms with Gasteiger partial charge < -0.3 is 15.8 Å². The SMILES string of the molecule is CCC1(CNCC2(C)COCC2N)CC1. The minimum absolute atomic E-state index is 0.143. The molecule has 1 saturated carbocycles. The third-order valence-electron chi connectivity index (χ3n) is 4.36. The van der Waals surface area contributed by atoms with Crippen LogP contribution in [-0.2, 0) is 4.74 Å². The maximum absolute atomic E-state index is 6.05. The molecule has 0 aromatic rings. The van der Waals surface area contributed by atoms with E-state index in [0.717, 1.165) is 26.3 Å². The van der Waals surface area contributed by atoms with Crippen LogP contribution in [-0.4, -0.2) is 32.3 Å².